The molecule has 2 aliphatic rings. The van der Waals surface area contributed by atoms with Crippen LogP contribution in [-0.2, 0) is 4.74 Å². The van der Waals surface area contributed by atoms with Crippen LogP contribution in [0.15, 0.2) is 42.7 Å². The summed E-state index contributed by atoms with van der Waals surface area (Å²) in [6, 6.07) is 10.9. The molecule has 0 radical (unpaired) electrons. The van der Waals surface area contributed by atoms with Crippen LogP contribution < -0.4 is 4.90 Å². The topological polar surface area (TPSA) is 58.6 Å². The third kappa shape index (κ3) is 3.87. The van der Waals surface area contributed by atoms with Crippen molar-refractivity contribution >= 4 is 11.8 Å². The van der Waals surface area contributed by atoms with E-state index in [1.165, 1.54) is 25.3 Å². The molecule has 28 heavy (non-hydrogen) atoms. The van der Waals surface area contributed by atoms with E-state index < -0.39 is 5.97 Å². The van der Waals surface area contributed by atoms with E-state index in [1.54, 1.807) is 6.20 Å². The third-order valence-electron chi connectivity index (χ3n) is 6.25. The van der Waals surface area contributed by atoms with Crippen LogP contribution in [0, 0.1) is 5.41 Å². The van der Waals surface area contributed by atoms with Crippen molar-refractivity contribution in [1.82, 2.24) is 14.9 Å². The fraction of sp³-hybridized carbons (Fsp3) is 0.500. The normalized spacial score (nSPS) is 22.2. The van der Waals surface area contributed by atoms with Gasteiger partial charge < -0.3 is 14.5 Å². The van der Waals surface area contributed by atoms with E-state index in [4.69, 9.17) is 4.74 Å². The lowest BCUT2D eigenvalue weighted by atomic mass is 9.68. The van der Waals surface area contributed by atoms with Crippen LogP contribution in [0.2, 0.25) is 0 Å². The Kier molecular flexibility index (Phi) is 5.31. The lowest BCUT2D eigenvalue weighted by Gasteiger charge is -2.49. The molecule has 0 saturated carbocycles. The second-order valence-electron chi connectivity index (χ2n) is 8.25. The quantitative estimate of drug-likeness (QED) is 0.763. The number of rotatable bonds is 3. The van der Waals surface area contributed by atoms with Crippen LogP contribution in [0.3, 0.4) is 0 Å². The molecule has 0 bridgehead atoms. The molecule has 1 aromatic heterocycles. The van der Waals surface area contributed by atoms with Crippen molar-refractivity contribution < 1.29 is 9.53 Å². The minimum Gasteiger partial charge on any atom is -0.464 e. The molecule has 0 amide bonds. The molecule has 0 unspecified atom stereocenters. The Morgan fingerprint density at radius 2 is 1.93 bits per heavy atom. The highest BCUT2D eigenvalue weighted by Crippen LogP contribution is 2.45. The lowest BCUT2D eigenvalue weighted by Crippen LogP contribution is -2.50. The first kappa shape index (κ1) is 18.9. The molecular formula is C22H28N4O2. The van der Waals surface area contributed by atoms with Gasteiger partial charge in [0.1, 0.15) is 5.82 Å². The first-order chi connectivity index (χ1) is 13.6. The average Bonchev–Trinajstić information content (AvgIpc) is 2.74. The van der Waals surface area contributed by atoms with Crippen LogP contribution in [0.25, 0.3) is 0 Å². The van der Waals surface area contributed by atoms with Gasteiger partial charge >= 0.3 is 5.97 Å². The van der Waals surface area contributed by atoms with Gasteiger partial charge in [-0.15, -0.1) is 0 Å². The Bertz CT molecular complexity index is 818. The molecule has 2 fully saturated rings. The van der Waals surface area contributed by atoms with E-state index in [0.29, 0.717) is 11.3 Å². The maximum Gasteiger partial charge on any atom is 0.358 e. The molecule has 2 aliphatic heterocycles. The Morgan fingerprint density at radius 3 is 2.64 bits per heavy atom. The molecule has 1 spiro atoms. The number of nitrogens with zero attached hydrogens (tertiary/aromatic N) is 4. The van der Waals surface area contributed by atoms with Gasteiger partial charge in [-0.2, -0.15) is 0 Å². The number of likely N-dealkylation sites (tertiary alicyclic amines) is 1. The summed E-state index contributed by atoms with van der Waals surface area (Å²) < 4.78 is 4.77. The third-order valence-corrected chi connectivity index (χ3v) is 6.25. The number of piperidine rings is 2. The SMILES string of the molecule is COC(=O)c1cncc(N2CCC3(CC2)C[C@H](c2ccccc2)CN(C)C3)n1. The van der Waals surface area contributed by atoms with Gasteiger partial charge in [0.2, 0.25) is 0 Å². The van der Waals surface area contributed by atoms with Crippen molar-refractivity contribution in [2.75, 3.05) is 45.2 Å². The highest BCUT2D eigenvalue weighted by molar-refractivity contribution is 5.87. The fourth-order valence-electron chi connectivity index (χ4n) is 4.90. The number of carbonyl (C=O) groups is 1. The highest BCUT2D eigenvalue weighted by atomic mass is 16.5. The first-order valence-corrected chi connectivity index (χ1v) is 9.97. The molecule has 0 aliphatic carbocycles. The number of ether oxygens (including phenoxy) is 1. The van der Waals surface area contributed by atoms with Crippen molar-refractivity contribution in [1.29, 1.82) is 0 Å². The van der Waals surface area contributed by atoms with Gasteiger partial charge in [0.25, 0.3) is 0 Å². The van der Waals surface area contributed by atoms with Gasteiger partial charge in [0.15, 0.2) is 5.69 Å². The van der Waals surface area contributed by atoms with E-state index in [-0.39, 0.29) is 5.69 Å². The standard InChI is InChI=1S/C22H28N4O2/c1-25-15-18(17-6-4-3-5-7-17)12-22(16-25)8-10-26(11-9-22)20-14-23-13-19(24-20)21(27)28-2/h3-7,13-14,18H,8-12,15-16H2,1-2H3/t18-/m0/s1. The summed E-state index contributed by atoms with van der Waals surface area (Å²) in [4.78, 5) is 25.1. The Hall–Kier alpha value is -2.47. The van der Waals surface area contributed by atoms with Crippen molar-refractivity contribution in [3.05, 3.63) is 54.0 Å². The largest absolute Gasteiger partial charge is 0.464 e. The molecule has 2 saturated heterocycles. The average molecular weight is 380 g/mol. The van der Waals surface area contributed by atoms with Gasteiger partial charge in [-0.25, -0.2) is 9.78 Å². The number of anilines is 1. The van der Waals surface area contributed by atoms with Gasteiger partial charge in [0.05, 0.1) is 19.5 Å². The molecule has 1 aromatic carbocycles. The molecule has 148 valence electrons. The second kappa shape index (κ2) is 7.87. The summed E-state index contributed by atoms with van der Waals surface area (Å²) in [5, 5.41) is 0. The summed E-state index contributed by atoms with van der Waals surface area (Å²) in [5.74, 6) is 0.915. The molecule has 6 heteroatoms. The van der Waals surface area contributed by atoms with Gasteiger partial charge in [-0.3, -0.25) is 4.98 Å². The van der Waals surface area contributed by atoms with Crippen molar-refractivity contribution in [2.24, 2.45) is 5.41 Å². The maximum atomic E-state index is 11.7. The van der Waals surface area contributed by atoms with Crippen LogP contribution in [0.5, 0.6) is 0 Å². The zero-order chi connectivity index (χ0) is 19.6. The molecule has 0 N–H and O–H groups in total. The van der Waals surface area contributed by atoms with Gasteiger partial charge in [0, 0.05) is 26.2 Å². The summed E-state index contributed by atoms with van der Waals surface area (Å²) in [6.45, 7) is 4.16. The summed E-state index contributed by atoms with van der Waals surface area (Å²) in [7, 11) is 3.61. The van der Waals surface area contributed by atoms with Crippen LogP contribution in [-0.4, -0.2) is 61.2 Å². The second-order valence-corrected chi connectivity index (χ2v) is 8.25. The molecule has 1 atom stereocenters. The van der Waals surface area contributed by atoms with Crippen molar-refractivity contribution in [2.45, 2.75) is 25.2 Å². The molecule has 3 heterocycles. The van der Waals surface area contributed by atoms with Gasteiger partial charge in [-0.1, -0.05) is 30.3 Å². The lowest BCUT2D eigenvalue weighted by molar-refractivity contribution is 0.0592. The first-order valence-electron chi connectivity index (χ1n) is 9.97. The predicted octanol–water partition coefficient (Wildman–Crippen LogP) is 2.97. The van der Waals surface area contributed by atoms with E-state index >= 15 is 0 Å². The van der Waals surface area contributed by atoms with E-state index in [9.17, 15) is 4.79 Å². The Balaban J connectivity index is 1.46. The predicted molar refractivity (Wildman–Crippen MR) is 109 cm³/mol. The summed E-state index contributed by atoms with van der Waals surface area (Å²) >= 11 is 0. The number of likely N-dealkylation sites (N-methyl/N-ethyl adjacent to an activating group) is 1. The molecule has 6 nitrogen and oxygen atoms in total. The maximum absolute atomic E-state index is 11.7. The van der Waals surface area contributed by atoms with Gasteiger partial charge in [-0.05, 0) is 43.2 Å². The minimum atomic E-state index is -0.442. The number of hydrogen-bond acceptors (Lipinski definition) is 6. The van der Waals surface area contributed by atoms with Crippen LogP contribution >= 0.6 is 0 Å². The Labute approximate surface area is 166 Å². The molecular weight excluding hydrogens is 352 g/mol. The fourth-order valence-corrected chi connectivity index (χ4v) is 4.90. The minimum absolute atomic E-state index is 0.266. The number of aromatic nitrogens is 2. The smallest absolute Gasteiger partial charge is 0.358 e. The van der Waals surface area contributed by atoms with E-state index in [1.807, 2.05) is 0 Å². The highest BCUT2D eigenvalue weighted by Gasteiger charge is 2.41. The zero-order valence-electron chi connectivity index (χ0n) is 16.7. The number of esters is 1. The van der Waals surface area contributed by atoms with Crippen LogP contribution in [0.4, 0.5) is 5.82 Å². The Morgan fingerprint density at radius 1 is 1.18 bits per heavy atom. The molecule has 2 aromatic rings. The van der Waals surface area contributed by atoms with E-state index in [2.05, 4.69) is 57.1 Å². The zero-order valence-corrected chi connectivity index (χ0v) is 16.7. The van der Waals surface area contributed by atoms with Crippen molar-refractivity contribution in [3.63, 3.8) is 0 Å². The summed E-state index contributed by atoms with van der Waals surface area (Å²) in [5.41, 5.74) is 2.06. The number of benzene rings is 1. The van der Waals surface area contributed by atoms with E-state index in [0.717, 1.165) is 44.8 Å². The van der Waals surface area contributed by atoms with Crippen LogP contribution in [0.1, 0.15) is 41.2 Å². The number of carbonyl (C=O) groups excluding carboxylic acids is 1. The number of hydrogen-bond donors (Lipinski definition) is 0. The summed E-state index contributed by atoms with van der Waals surface area (Å²) in [6.07, 6.45) is 6.70. The monoisotopic (exact) mass is 380 g/mol. The van der Waals surface area contributed by atoms with Crippen molar-refractivity contribution in [3.8, 4) is 0 Å². The number of methoxy groups -OCH3 is 1. The molecule has 4 rings (SSSR count).